The Morgan fingerprint density at radius 3 is 2.86 bits per heavy atom. The predicted molar refractivity (Wildman–Crippen MR) is 76.4 cm³/mol. The van der Waals surface area contributed by atoms with E-state index < -0.39 is 24.7 Å². The third-order valence-electron chi connectivity index (χ3n) is 3.36. The molecule has 1 aromatic rings. The Morgan fingerprint density at radius 1 is 1.45 bits per heavy atom. The fraction of sp³-hybridized carbons (Fsp3) is 0.571. The minimum absolute atomic E-state index is 0.0628. The molecule has 0 spiro atoms. The lowest BCUT2D eigenvalue weighted by Gasteiger charge is -2.18. The lowest BCUT2D eigenvalue weighted by atomic mass is 10.2. The molecule has 8 heteroatoms. The second-order valence-corrected chi connectivity index (χ2v) is 6.32. The normalized spacial score (nSPS) is 18.8. The van der Waals surface area contributed by atoms with Crippen molar-refractivity contribution < 1.29 is 22.8 Å². The molecule has 1 saturated heterocycles. The Bertz CT molecular complexity index is 517. The molecule has 2 heterocycles. The van der Waals surface area contributed by atoms with Gasteiger partial charge in [0.2, 0.25) is 11.8 Å². The third-order valence-corrected chi connectivity index (χ3v) is 4.29. The van der Waals surface area contributed by atoms with E-state index in [9.17, 15) is 22.8 Å². The van der Waals surface area contributed by atoms with Crippen molar-refractivity contribution in [2.24, 2.45) is 0 Å². The van der Waals surface area contributed by atoms with E-state index in [1.165, 1.54) is 4.88 Å². The highest BCUT2D eigenvalue weighted by Gasteiger charge is 2.38. The number of likely N-dealkylation sites (tertiary alicyclic amines) is 1. The standard InChI is InChI=1S/C14H17F3N2O2S/c15-14(16,17)9-19-8-10(7-13(19)21)18-12(20)5-1-3-11-4-2-6-22-11/h2,4,6,10H,1,3,5,7-9H2,(H,18,20). The number of aryl methyl sites for hydroxylation is 1. The molecular formula is C14H17F3N2O2S. The summed E-state index contributed by atoms with van der Waals surface area (Å²) in [6.07, 6.45) is -2.68. The number of hydrogen-bond acceptors (Lipinski definition) is 3. The average molecular weight is 334 g/mol. The maximum Gasteiger partial charge on any atom is 0.406 e. The van der Waals surface area contributed by atoms with E-state index in [1.54, 1.807) is 11.3 Å². The van der Waals surface area contributed by atoms with Crippen LogP contribution in [0, 0.1) is 0 Å². The van der Waals surface area contributed by atoms with Gasteiger partial charge in [0, 0.05) is 24.3 Å². The molecule has 122 valence electrons. The number of nitrogens with one attached hydrogen (secondary N) is 1. The van der Waals surface area contributed by atoms with E-state index in [-0.39, 0.29) is 18.9 Å². The van der Waals surface area contributed by atoms with E-state index in [4.69, 9.17) is 0 Å². The number of carbonyl (C=O) groups excluding carboxylic acids is 2. The summed E-state index contributed by atoms with van der Waals surface area (Å²) in [4.78, 5) is 25.2. The monoisotopic (exact) mass is 334 g/mol. The number of nitrogens with zero attached hydrogens (tertiary/aromatic N) is 1. The quantitative estimate of drug-likeness (QED) is 0.868. The fourth-order valence-electron chi connectivity index (χ4n) is 2.42. The summed E-state index contributed by atoms with van der Waals surface area (Å²) < 4.78 is 36.9. The first kappa shape index (κ1) is 16.8. The van der Waals surface area contributed by atoms with E-state index in [0.29, 0.717) is 12.8 Å². The lowest BCUT2D eigenvalue weighted by Crippen LogP contribution is -2.39. The van der Waals surface area contributed by atoms with Gasteiger partial charge in [-0.2, -0.15) is 13.2 Å². The maximum absolute atomic E-state index is 12.3. The second-order valence-electron chi connectivity index (χ2n) is 5.29. The first-order chi connectivity index (χ1) is 10.3. The number of rotatable bonds is 6. The Balaban J connectivity index is 1.70. The van der Waals surface area contributed by atoms with E-state index >= 15 is 0 Å². The van der Waals surface area contributed by atoms with Crippen LogP contribution < -0.4 is 5.32 Å². The molecule has 1 unspecified atom stereocenters. The van der Waals surface area contributed by atoms with Crippen LogP contribution in [0.5, 0.6) is 0 Å². The van der Waals surface area contributed by atoms with Gasteiger partial charge < -0.3 is 10.2 Å². The van der Waals surface area contributed by atoms with Crippen molar-refractivity contribution in [3.63, 3.8) is 0 Å². The molecule has 4 nitrogen and oxygen atoms in total. The number of thiophene rings is 1. The molecule has 2 rings (SSSR count). The first-order valence-electron chi connectivity index (χ1n) is 7.00. The van der Waals surface area contributed by atoms with Crippen molar-refractivity contribution in [1.82, 2.24) is 10.2 Å². The molecule has 1 atom stereocenters. The number of hydrogen-bond donors (Lipinski definition) is 1. The van der Waals surface area contributed by atoms with Crippen LogP contribution in [0.2, 0.25) is 0 Å². The molecule has 22 heavy (non-hydrogen) atoms. The molecule has 1 aliphatic rings. The van der Waals surface area contributed by atoms with Crippen molar-refractivity contribution in [1.29, 1.82) is 0 Å². The minimum Gasteiger partial charge on any atom is -0.351 e. The van der Waals surface area contributed by atoms with Gasteiger partial charge in [-0.1, -0.05) is 6.07 Å². The van der Waals surface area contributed by atoms with Crippen LogP contribution in [-0.4, -0.2) is 42.0 Å². The van der Waals surface area contributed by atoms with Gasteiger partial charge in [0.05, 0.1) is 6.04 Å². The van der Waals surface area contributed by atoms with Crippen molar-refractivity contribution in [2.75, 3.05) is 13.1 Å². The highest BCUT2D eigenvalue weighted by Crippen LogP contribution is 2.21. The highest BCUT2D eigenvalue weighted by molar-refractivity contribution is 7.09. The van der Waals surface area contributed by atoms with Gasteiger partial charge in [0.1, 0.15) is 6.54 Å². The molecular weight excluding hydrogens is 317 g/mol. The van der Waals surface area contributed by atoms with Crippen molar-refractivity contribution in [3.05, 3.63) is 22.4 Å². The number of halogens is 3. The van der Waals surface area contributed by atoms with Gasteiger partial charge in [-0.05, 0) is 24.3 Å². The lowest BCUT2D eigenvalue weighted by molar-refractivity contribution is -0.157. The molecule has 1 aromatic heterocycles. The van der Waals surface area contributed by atoms with Crippen molar-refractivity contribution >= 4 is 23.2 Å². The molecule has 0 bridgehead atoms. The molecule has 0 radical (unpaired) electrons. The van der Waals surface area contributed by atoms with Crippen LogP contribution in [0.4, 0.5) is 13.2 Å². The van der Waals surface area contributed by atoms with Gasteiger partial charge in [0.15, 0.2) is 0 Å². The topological polar surface area (TPSA) is 49.4 Å². The molecule has 1 aliphatic heterocycles. The summed E-state index contributed by atoms with van der Waals surface area (Å²) in [5.41, 5.74) is 0. The Kier molecular flexibility index (Phi) is 5.44. The smallest absolute Gasteiger partial charge is 0.351 e. The summed E-state index contributed by atoms with van der Waals surface area (Å²) in [6.45, 7) is -1.33. The van der Waals surface area contributed by atoms with Crippen LogP contribution in [0.25, 0.3) is 0 Å². The van der Waals surface area contributed by atoms with Crippen LogP contribution >= 0.6 is 11.3 Å². The van der Waals surface area contributed by atoms with Crippen LogP contribution in [0.3, 0.4) is 0 Å². The summed E-state index contributed by atoms with van der Waals surface area (Å²) in [6, 6.07) is 3.41. The van der Waals surface area contributed by atoms with Gasteiger partial charge in [-0.3, -0.25) is 9.59 Å². The zero-order valence-corrected chi connectivity index (χ0v) is 12.7. The Morgan fingerprint density at radius 2 is 2.23 bits per heavy atom. The first-order valence-corrected chi connectivity index (χ1v) is 7.88. The van der Waals surface area contributed by atoms with Gasteiger partial charge in [-0.25, -0.2) is 0 Å². The highest BCUT2D eigenvalue weighted by atomic mass is 32.1. The zero-order chi connectivity index (χ0) is 16.2. The fourth-order valence-corrected chi connectivity index (χ4v) is 3.17. The van der Waals surface area contributed by atoms with E-state index in [1.807, 2.05) is 17.5 Å². The van der Waals surface area contributed by atoms with Crippen molar-refractivity contribution in [3.8, 4) is 0 Å². The van der Waals surface area contributed by atoms with Crippen LogP contribution in [-0.2, 0) is 16.0 Å². The van der Waals surface area contributed by atoms with E-state index in [2.05, 4.69) is 5.32 Å². The molecule has 0 aromatic carbocycles. The second kappa shape index (κ2) is 7.13. The summed E-state index contributed by atoms with van der Waals surface area (Å²) >= 11 is 1.62. The van der Waals surface area contributed by atoms with E-state index in [0.717, 1.165) is 11.3 Å². The number of carbonyl (C=O) groups is 2. The third kappa shape index (κ3) is 5.32. The van der Waals surface area contributed by atoms with Crippen molar-refractivity contribution in [2.45, 2.75) is 37.9 Å². The number of alkyl halides is 3. The summed E-state index contributed by atoms with van der Waals surface area (Å²) in [7, 11) is 0. The van der Waals surface area contributed by atoms with Crippen LogP contribution in [0.15, 0.2) is 17.5 Å². The van der Waals surface area contributed by atoms with Crippen LogP contribution in [0.1, 0.15) is 24.1 Å². The molecule has 1 N–H and O–H groups in total. The SMILES string of the molecule is O=C(CCCc1cccs1)NC1CC(=O)N(CC(F)(F)F)C1. The Hall–Kier alpha value is -1.57. The molecule has 0 aliphatic carbocycles. The summed E-state index contributed by atoms with van der Waals surface area (Å²) in [5.74, 6) is -0.788. The van der Waals surface area contributed by atoms with Gasteiger partial charge in [0.25, 0.3) is 0 Å². The molecule has 0 saturated carbocycles. The zero-order valence-electron chi connectivity index (χ0n) is 11.9. The van der Waals surface area contributed by atoms with Gasteiger partial charge >= 0.3 is 6.18 Å². The number of amides is 2. The summed E-state index contributed by atoms with van der Waals surface area (Å²) in [5, 5.41) is 4.61. The Labute approximate surface area is 130 Å². The molecule has 1 fully saturated rings. The molecule has 2 amide bonds. The van der Waals surface area contributed by atoms with Gasteiger partial charge in [-0.15, -0.1) is 11.3 Å². The largest absolute Gasteiger partial charge is 0.406 e. The minimum atomic E-state index is -4.41. The predicted octanol–water partition coefficient (Wildman–Crippen LogP) is 2.35. The average Bonchev–Trinajstić information content (AvgIpc) is 2.99. The maximum atomic E-state index is 12.3.